The summed E-state index contributed by atoms with van der Waals surface area (Å²) >= 11 is 0. The fourth-order valence-corrected chi connectivity index (χ4v) is 2.08. The Kier molecular flexibility index (Phi) is 2.57. The Hall–Kier alpha value is -1.46. The van der Waals surface area contributed by atoms with Crippen LogP contribution in [-0.4, -0.2) is 26.3 Å². The third-order valence-electron chi connectivity index (χ3n) is 3.47. The molecule has 1 unspecified atom stereocenters. The van der Waals surface area contributed by atoms with Crippen LogP contribution in [0, 0.1) is 0 Å². The first-order valence-electron chi connectivity index (χ1n) is 6.00. The zero-order valence-corrected chi connectivity index (χ0v) is 9.58. The molecule has 1 aliphatic carbocycles. The summed E-state index contributed by atoms with van der Waals surface area (Å²) in [4.78, 5) is 4.51. The smallest absolute Gasteiger partial charge is 0.155 e. The minimum atomic E-state index is -0.351. The van der Waals surface area contributed by atoms with Gasteiger partial charge in [0.1, 0.15) is 0 Å². The summed E-state index contributed by atoms with van der Waals surface area (Å²) in [5, 5.41) is 13.5. The SMILES string of the molecule is NC(CO)c1ccc2nc(C3CCC3)nn2c1. The monoisotopic (exact) mass is 232 g/mol. The van der Waals surface area contributed by atoms with Crippen LogP contribution in [0.4, 0.5) is 0 Å². The van der Waals surface area contributed by atoms with E-state index in [1.165, 1.54) is 19.3 Å². The van der Waals surface area contributed by atoms with Gasteiger partial charge >= 0.3 is 0 Å². The highest BCUT2D eigenvalue weighted by Gasteiger charge is 2.23. The number of pyridine rings is 1. The van der Waals surface area contributed by atoms with E-state index >= 15 is 0 Å². The molecule has 0 saturated heterocycles. The summed E-state index contributed by atoms with van der Waals surface area (Å²) in [6.45, 7) is -0.0598. The number of hydrogen-bond acceptors (Lipinski definition) is 4. The quantitative estimate of drug-likeness (QED) is 0.827. The van der Waals surface area contributed by atoms with Gasteiger partial charge in [-0.2, -0.15) is 5.10 Å². The van der Waals surface area contributed by atoms with Crippen molar-refractivity contribution in [1.29, 1.82) is 0 Å². The normalized spacial score (nSPS) is 18.2. The molecular weight excluding hydrogens is 216 g/mol. The van der Waals surface area contributed by atoms with Gasteiger partial charge in [0.05, 0.1) is 12.6 Å². The molecule has 0 amide bonds. The fourth-order valence-electron chi connectivity index (χ4n) is 2.08. The summed E-state index contributed by atoms with van der Waals surface area (Å²) in [5.41, 5.74) is 7.51. The van der Waals surface area contributed by atoms with Crippen LogP contribution in [0.25, 0.3) is 5.65 Å². The van der Waals surface area contributed by atoms with Gasteiger partial charge in [-0.3, -0.25) is 0 Å². The Bertz CT molecular complexity index is 530. The van der Waals surface area contributed by atoms with Gasteiger partial charge in [0.15, 0.2) is 11.5 Å². The molecule has 1 atom stereocenters. The van der Waals surface area contributed by atoms with E-state index in [1.54, 1.807) is 4.52 Å². The number of aromatic nitrogens is 3. The van der Waals surface area contributed by atoms with Gasteiger partial charge in [-0.05, 0) is 24.5 Å². The highest BCUT2D eigenvalue weighted by Crippen LogP contribution is 2.34. The number of aliphatic hydroxyl groups excluding tert-OH is 1. The number of nitrogens with zero attached hydrogens (tertiary/aromatic N) is 3. The first kappa shape index (κ1) is 10.7. The van der Waals surface area contributed by atoms with Gasteiger partial charge in [-0.15, -0.1) is 0 Å². The predicted octanol–water partition coefficient (Wildman–Crippen LogP) is 0.989. The summed E-state index contributed by atoms with van der Waals surface area (Å²) in [5.74, 6) is 1.47. The lowest BCUT2D eigenvalue weighted by Crippen LogP contribution is -2.15. The van der Waals surface area contributed by atoms with Gasteiger partial charge in [-0.25, -0.2) is 9.50 Å². The molecule has 0 bridgehead atoms. The van der Waals surface area contributed by atoms with Crippen LogP contribution < -0.4 is 5.73 Å². The van der Waals surface area contributed by atoms with Gasteiger partial charge in [0, 0.05) is 12.1 Å². The molecule has 0 radical (unpaired) electrons. The van der Waals surface area contributed by atoms with Gasteiger partial charge in [-0.1, -0.05) is 12.5 Å². The van der Waals surface area contributed by atoms with Crippen LogP contribution in [0.2, 0.25) is 0 Å². The van der Waals surface area contributed by atoms with Crippen molar-refractivity contribution in [3.8, 4) is 0 Å². The van der Waals surface area contributed by atoms with Crippen molar-refractivity contribution in [2.24, 2.45) is 5.73 Å². The molecule has 0 aliphatic heterocycles. The van der Waals surface area contributed by atoms with E-state index in [-0.39, 0.29) is 12.6 Å². The maximum Gasteiger partial charge on any atom is 0.155 e. The second-order valence-electron chi connectivity index (χ2n) is 4.65. The summed E-state index contributed by atoms with van der Waals surface area (Å²) in [6.07, 6.45) is 5.52. The first-order chi connectivity index (χ1) is 8.28. The fraction of sp³-hybridized carbons (Fsp3) is 0.500. The van der Waals surface area contributed by atoms with Crippen LogP contribution in [0.3, 0.4) is 0 Å². The molecule has 1 saturated carbocycles. The first-order valence-corrected chi connectivity index (χ1v) is 6.00. The van der Waals surface area contributed by atoms with Crippen molar-refractivity contribution >= 4 is 5.65 Å². The summed E-state index contributed by atoms with van der Waals surface area (Å²) in [6, 6.07) is 3.45. The maximum absolute atomic E-state index is 9.03. The van der Waals surface area contributed by atoms with Crippen molar-refractivity contribution in [1.82, 2.24) is 14.6 Å². The summed E-state index contributed by atoms with van der Waals surface area (Å²) in [7, 11) is 0. The number of hydrogen-bond donors (Lipinski definition) is 2. The Morgan fingerprint density at radius 1 is 1.47 bits per heavy atom. The minimum Gasteiger partial charge on any atom is -0.394 e. The Morgan fingerprint density at radius 2 is 2.29 bits per heavy atom. The molecule has 3 N–H and O–H groups in total. The number of aliphatic hydroxyl groups is 1. The van der Waals surface area contributed by atoms with E-state index < -0.39 is 0 Å². The lowest BCUT2D eigenvalue weighted by atomic mass is 9.85. The highest BCUT2D eigenvalue weighted by molar-refractivity contribution is 5.39. The van der Waals surface area contributed by atoms with Crippen LogP contribution in [0.15, 0.2) is 18.3 Å². The second kappa shape index (κ2) is 4.09. The molecule has 1 aliphatic rings. The number of rotatable bonds is 3. The average molecular weight is 232 g/mol. The Morgan fingerprint density at radius 3 is 2.94 bits per heavy atom. The molecule has 0 aromatic carbocycles. The van der Waals surface area contributed by atoms with E-state index in [0.717, 1.165) is 17.0 Å². The van der Waals surface area contributed by atoms with E-state index in [9.17, 15) is 0 Å². The third kappa shape index (κ3) is 1.81. The molecule has 2 aromatic rings. The average Bonchev–Trinajstić information content (AvgIpc) is 2.67. The molecule has 0 spiro atoms. The van der Waals surface area contributed by atoms with Crippen molar-refractivity contribution in [3.63, 3.8) is 0 Å². The molecule has 3 rings (SSSR count). The van der Waals surface area contributed by atoms with Gasteiger partial charge in [0.25, 0.3) is 0 Å². The molecule has 17 heavy (non-hydrogen) atoms. The van der Waals surface area contributed by atoms with Crippen molar-refractivity contribution in [2.75, 3.05) is 6.61 Å². The molecular formula is C12H16N4O. The van der Waals surface area contributed by atoms with Crippen LogP contribution >= 0.6 is 0 Å². The molecule has 2 aromatic heterocycles. The number of fused-ring (bicyclic) bond motifs is 1. The molecule has 90 valence electrons. The van der Waals surface area contributed by atoms with E-state index in [1.807, 2.05) is 18.3 Å². The number of nitrogens with two attached hydrogens (primary N) is 1. The van der Waals surface area contributed by atoms with E-state index in [0.29, 0.717) is 5.92 Å². The third-order valence-corrected chi connectivity index (χ3v) is 3.47. The Labute approximate surface area is 99.3 Å². The maximum atomic E-state index is 9.03. The highest BCUT2D eigenvalue weighted by atomic mass is 16.3. The molecule has 2 heterocycles. The summed E-state index contributed by atoms with van der Waals surface area (Å²) < 4.78 is 1.76. The van der Waals surface area contributed by atoms with Crippen LogP contribution in [0.5, 0.6) is 0 Å². The van der Waals surface area contributed by atoms with Crippen molar-refractivity contribution < 1.29 is 5.11 Å². The Balaban J connectivity index is 1.98. The van der Waals surface area contributed by atoms with Crippen LogP contribution in [0.1, 0.15) is 42.6 Å². The largest absolute Gasteiger partial charge is 0.394 e. The van der Waals surface area contributed by atoms with Crippen LogP contribution in [-0.2, 0) is 0 Å². The minimum absolute atomic E-state index is 0.0598. The molecule has 5 heteroatoms. The lowest BCUT2D eigenvalue weighted by Gasteiger charge is -2.21. The van der Waals surface area contributed by atoms with Crippen molar-refractivity contribution in [3.05, 3.63) is 29.7 Å². The van der Waals surface area contributed by atoms with Gasteiger partial charge in [0.2, 0.25) is 0 Å². The standard InChI is InChI=1S/C12H16N4O/c13-10(7-17)9-4-5-11-14-12(8-2-1-3-8)15-16(11)6-9/h4-6,8,10,17H,1-3,7,13H2. The topological polar surface area (TPSA) is 76.4 Å². The zero-order valence-electron chi connectivity index (χ0n) is 9.58. The van der Waals surface area contributed by atoms with Gasteiger partial charge < -0.3 is 10.8 Å². The molecule has 1 fully saturated rings. The van der Waals surface area contributed by atoms with E-state index in [2.05, 4.69) is 10.1 Å². The predicted molar refractivity (Wildman–Crippen MR) is 63.6 cm³/mol. The van der Waals surface area contributed by atoms with Crippen molar-refractivity contribution in [2.45, 2.75) is 31.2 Å². The zero-order chi connectivity index (χ0) is 11.8. The van der Waals surface area contributed by atoms with E-state index in [4.69, 9.17) is 10.8 Å². The second-order valence-corrected chi connectivity index (χ2v) is 4.65. The lowest BCUT2D eigenvalue weighted by molar-refractivity contribution is 0.267. The molecule has 5 nitrogen and oxygen atoms in total.